The number of phenols is 2. The molecule has 0 fully saturated rings. The normalized spacial score (nSPS) is 12.7. The van der Waals surface area contributed by atoms with Crippen LogP contribution in [0, 0.1) is 0 Å². The highest BCUT2D eigenvalue weighted by molar-refractivity contribution is 7.86. The molecule has 2 aromatic carbocycles. The number of fused-ring (bicyclic) bond motifs is 1. The van der Waals surface area contributed by atoms with Gasteiger partial charge in [0, 0.05) is 16.8 Å². The lowest BCUT2D eigenvalue weighted by atomic mass is 10.1. The summed E-state index contributed by atoms with van der Waals surface area (Å²) in [5, 5.41) is 19.0. The lowest BCUT2D eigenvalue weighted by molar-refractivity contribution is 0.440. The Labute approximate surface area is 113 Å². The summed E-state index contributed by atoms with van der Waals surface area (Å²) in [5.74, 6) is -1.53. The minimum absolute atomic E-state index is 0.0534. The minimum Gasteiger partial charge on any atom is -0.507 e. The van der Waals surface area contributed by atoms with Crippen LogP contribution < -0.4 is 0 Å². The average Bonchev–Trinajstić information content (AvgIpc) is 2.30. The Morgan fingerprint density at radius 2 is 1.40 bits per heavy atom. The third-order valence-electron chi connectivity index (χ3n) is 2.60. The van der Waals surface area contributed by atoms with Gasteiger partial charge in [-0.25, -0.2) is 0 Å². The molecule has 8 nitrogen and oxygen atoms in total. The summed E-state index contributed by atoms with van der Waals surface area (Å²) in [5.41, 5.74) is 0. The maximum absolute atomic E-state index is 11.0. The van der Waals surface area contributed by atoms with Crippen LogP contribution in [0.2, 0.25) is 0 Å². The van der Waals surface area contributed by atoms with Crippen molar-refractivity contribution in [3.05, 3.63) is 24.3 Å². The van der Waals surface area contributed by atoms with Crippen LogP contribution in [-0.2, 0) is 20.2 Å². The summed E-state index contributed by atoms with van der Waals surface area (Å²) in [6.07, 6.45) is 0. The molecule has 0 radical (unpaired) electrons. The molecule has 0 atom stereocenters. The first-order chi connectivity index (χ1) is 9.01. The molecule has 0 aliphatic rings. The fourth-order valence-corrected chi connectivity index (χ4v) is 2.82. The van der Waals surface area contributed by atoms with Crippen LogP contribution in [-0.4, -0.2) is 36.2 Å². The van der Waals surface area contributed by atoms with Gasteiger partial charge >= 0.3 is 0 Å². The Bertz CT molecular complexity index is 912. The summed E-state index contributed by atoms with van der Waals surface area (Å²) in [7, 11) is -9.39. The van der Waals surface area contributed by atoms with E-state index in [2.05, 4.69) is 0 Å². The second-order valence-corrected chi connectivity index (χ2v) is 6.71. The van der Waals surface area contributed by atoms with Crippen molar-refractivity contribution in [3.63, 3.8) is 0 Å². The van der Waals surface area contributed by atoms with Crippen LogP contribution in [0.25, 0.3) is 10.8 Å². The van der Waals surface area contributed by atoms with E-state index in [0.29, 0.717) is 6.07 Å². The first-order valence-corrected chi connectivity index (χ1v) is 7.83. The minimum atomic E-state index is -4.82. The Morgan fingerprint density at radius 1 is 0.800 bits per heavy atom. The third-order valence-corrected chi connectivity index (χ3v) is 4.32. The van der Waals surface area contributed by atoms with E-state index < -0.39 is 41.5 Å². The lowest BCUT2D eigenvalue weighted by Crippen LogP contribution is -2.00. The molecule has 2 aromatic rings. The van der Waals surface area contributed by atoms with Gasteiger partial charge in [-0.3, -0.25) is 9.11 Å². The molecule has 108 valence electrons. The van der Waals surface area contributed by atoms with E-state index in [0.717, 1.165) is 18.2 Å². The van der Waals surface area contributed by atoms with Crippen LogP contribution in [0.4, 0.5) is 0 Å². The number of hydrogen-bond acceptors (Lipinski definition) is 6. The van der Waals surface area contributed by atoms with Gasteiger partial charge in [0.15, 0.2) is 0 Å². The Morgan fingerprint density at radius 3 is 1.90 bits per heavy atom. The van der Waals surface area contributed by atoms with Gasteiger partial charge in [0.2, 0.25) is 0 Å². The molecule has 10 heteroatoms. The topological polar surface area (TPSA) is 149 Å². The van der Waals surface area contributed by atoms with E-state index in [1.807, 2.05) is 0 Å². The molecule has 0 aliphatic carbocycles. The fourth-order valence-electron chi connectivity index (χ4n) is 1.70. The number of rotatable bonds is 2. The predicted molar refractivity (Wildman–Crippen MR) is 66.9 cm³/mol. The predicted octanol–water partition coefficient (Wildman–Crippen LogP) is 0.744. The van der Waals surface area contributed by atoms with Gasteiger partial charge in [-0.1, -0.05) is 0 Å². The van der Waals surface area contributed by atoms with Crippen molar-refractivity contribution in [2.45, 2.75) is 9.79 Å². The van der Waals surface area contributed by atoms with Crippen molar-refractivity contribution in [1.82, 2.24) is 0 Å². The van der Waals surface area contributed by atoms with E-state index in [-0.39, 0.29) is 10.8 Å². The molecule has 20 heavy (non-hydrogen) atoms. The van der Waals surface area contributed by atoms with Gasteiger partial charge in [-0.15, -0.1) is 0 Å². The molecule has 0 saturated carbocycles. The van der Waals surface area contributed by atoms with E-state index in [4.69, 9.17) is 9.11 Å². The fraction of sp³-hybridized carbons (Fsp3) is 0. The lowest BCUT2D eigenvalue weighted by Gasteiger charge is -2.09. The van der Waals surface area contributed by atoms with Crippen LogP contribution in [0.3, 0.4) is 0 Å². The summed E-state index contributed by atoms with van der Waals surface area (Å²) < 4.78 is 61.9. The third kappa shape index (κ3) is 2.41. The van der Waals surface area contributed by atoms with Crippen LogP contribution in [0.15, 0.2) is 34.1 Å². The van der Waals surface area contributed by atoms with Gasteiger partial charge in [0.1, 0.15) is 16.4 Å². The molecular weight excluding hydrogens is 312 g/mol. The van der Waals surface area contributed by atoms with Crippen molar-refractivity contribution >= 4 is 31.0 Å². The van der Waals surface area contributed by atoms with Crippen molar-refractivity contribution in [2.75, 3.05) is 0 Å². The first kappa shape index (κ1) is 14.5. The van der Waals surface area contributed by atoms with Crippen molar-refractivity contribution in [3.8, 4) is 11.5 Å². The Hall–Kier alpha value is -1.88. The standard InChI is InChI=1S/C10H8O8S2/c11-8-4-9(20(16,17)18)10(12)7-3-5(19(13,14)15)1-2-6(7)8/h1-4,11-12H,(H,13,14,15)(H,16,17,18). The van der Waals surface area contributed by atoms with Crippen molar-refractivity contribution in [2.24, 2.45) is 0 Å². The van der Waals surface area contributed by atoms with Crippen molar-refractivity contribution < 1.29 is 36.2 Å². The molecule has 2 rings (SSSR count). The van der Waals surface area contributed by atoms with Crippen LogP contribution >= 0.6 is 0 Å². The van der Waals surface area contributed by atoms with Gasteiger partial charge < -0.3 is 10.2 Å². The quantitative estimate of drug-likeness (QED) is 0.467. The zero-order valence-corrected chi connectivity index (χ0v) is 11.2. The smallest absolute Gasteiger partial charge is 0.298 e. The summed E-state index contributed by atoms with van der Waals surface area (Å²) in [6.45, 7) is 0. The first-order valence-electron chi connectivity index (χ1n) is 4.95. The van der Waals surface area contributed by atoms with Crippen molar-refractivity contribution in [1.29, 1.82) is 0 Å². The molecule has 0 amide bonds. The molecule has 4 N–H and O–H groups in total. The van der Waals surface area contributed by atoms with E-state index in [9.17, 15) is 27.0 Å². The maximum Gasteiger partial charge on any atom is 0.298 e. The molecule has 0 heterocycles. The highest BCUT2D eigenvalue weighted by Crippen LogP contribution is 2.38. The van der Waals surface area contributed by atoms with Gasteiger partial charge in [0.25, 0.3) is 20.2 Å². The zero-order valence-electron chi connectivity index (χ0n) is 9.55. The molecule has 0 spiro atoms. The largest absolute Gasteiger partial charge is 0.507 e. The maximum atomic E-state index is 11.0. The molecule has 0 saturated heterocycles. The van der Waals surface area contributed by atoms with Gasteiger partial charge in [-0.05, 0) is 18.2 Å². The van der Waals surface area contributed by atoms with Gasteiger partial charge in [-0.2, -0.15) is 16.8 Å². The highest BCUT2D eigenvalue weighted by atomic mass is 32.2. The van der Waals surface area contributed by atoms with Gasteiger partial charge in [0.05, 0.1) is 4.90 Å². The van der Waals surface area contributed by atoms with Crippen LogP contribution in [0.5, 0.6) is 11.5 Å². The van der Waals surface area contributed by atoms with Crippen LogP contribution in [0.1, 0.15) is 0 Å². The molecule has 0 unspecified atom stereocenters. The summed E-state index contributed by atoms with van der Waals surface area (Å²) in [6, 6.07) is 3.43. The summed E-state index contributed by atoms with van der Waals surface area (Å²) in [4.78, 5) is -1.58. The number of hydrogen-bond donors (Lipinski definition) is 4. The molecule has 0 bridgehead atoms. The van der Waals surface area contributed by atoms with E-state index in [1.54, 1.807) is 0 Å². The Kier molecular flexibility index (Phi) is 3.13. The molecule has 0 aliphatic heterocycles. The highest BCUT2D eigenvalue weighted by Gasteiger charge is 2.22. The molecular formula is C10H8O8S2. The second kappa shape index (κ2) is 4.31. The number of aromatic hydroxyl groups is 2. The SMILES string of the molecule is O=S(=O)(O)c1ccc2c(O)cc(S(=O)(=O)O)c(O)c2c1. The zero-order chi connectivity index (χ0) is 15.3. The average molecular weight is 320 g/mol. The monoisotopic (exact) mass is 320 g/mol. The Balaban J connectivity index is 2.97. The molecule has 0 aromatic heterocycles. The number of benzene rings is 2. The number of phenolic OH excluding ortho intramolecular Hbond substituents is 2. The second-order valence-electron chi connectivity index (χ2n) is 3.90. The van der Waals surface area contributed by atoms with E-state index in [1.165, 1.54) is 0 Å². The summed E-state index contributed by atoms with van der Waals surface area (Å²) >= 11 is 0. The van der Waals surface area contributed by atoms with E-state index >= 15 is 0 Å².